The molecule has 9 rings (SSSR count). The zero-order valence-corrected chi connectivity index (χ0v) is 21.6. The summed E-state index contributed by atoms with van der Waals surface area (Å²) in [5.41, 5.74) is 7.57. The Labute approximate surface area is 227 Å². The Kier molecular flexibility index (Phi) is 4.21. The Morgan fingerprint density at radius 3 is 2.26 bits per heavy atom. The molecule has 0 fully saturated rings. The van der Waals surface area contributed by atoms with Gasteiger partial charge in [0, 0.05) is 21.5 Å². The molecule has 182 valence electrons. The van der Waals surface area contributed by atoms with Gasteiger partial charge in [-0.1, -0.05) is 90.2 Å². The Bertz CT molecular complexity index is 2410. The number of nitrogens with zero attached hydrogens (tertiary/aromatic N) is 2. The predicted octanol–water partition coefficient (Wildman–Crippen LogP) is 10.1. The van der Waals surface area contributed by atoms with E-state index in [1.807, 2.05) is 18.2 Å². The van der Waals surface area contributed by atoms with E-state index in [1.54, 1.807) is 11.3 Å². The number of aromatic nitrogens is 2. The van der Waals surface area contributed by atoms with Gasteiger partial charge in [0.05, 0.1) is 21.3 Å². The number of para-hydroxylation sites is 2. The van der Waals surface area contributed by atoms with Crippen LogP contribution < -0.4 is 0 Å². The highest BCUT2D eigenvalue weighted by Crippen LogP contribution is 2.41. The van der Waals surface area contributed by atoms with Gasteiger partial charge in [-0.15, -0.1) is 0 Å². The van der Waals surface area contributed by atoms with E-state index in [2.05, 4.69) is 108 Å². The summed E-state index contributed by atoms with van der Waals surface area (Å²) in [6.07, 6.45) is 0. The first-order chi connectivity index (χ1) is 19.3. The first-order valence-electron chi connectivity index (χ1n) is 13.1. The minimum atomic E-state index is 0.904. The smallest absolute Gasteiger partial charge is 0.195 e. The van der Waals surface area contributed by atoms with E-state index in [4.69, 9.17) is 9.40 Å². The monoisotopic (exact) mass is 516 g/mol. The lowest BCUT2D eigenvalue weighted by Gasteiger charge is -2.06. The van der Waals surface area contributed by atoms with Gasteiger partial charge in [0.2, 0.25) is 0 Å². The number of rotatable bonds is 2. The molecule has 0 N–H and O–H groups in total. The van der Waals surface area contributed by atoms with Crippen LogP contribution in [-0.2, 0) is 0 Å². The van der Waals surface area contributed by atoms with Crippen molar-refractivity contribution in [3.8, 4) is 16.3 Å². The van der Waals surface area contributed by atoms with Crippen LogP contribution in [0.15, 0.2) is 126 Å². The van der Waals surface area contributed by atoms with Crippen LogP contribution in [0.2, 0.25) is 0 Å². The quantitative estimate of drug-likeness (QED) is 0.229. The third-order valence-corrected chi connectivity index (χ3v) is 8.90. The van der Waals surface area contributed by atoms with Crippen molar-refractivity contribution in [1.29, 1.82) is 0 Å². The molecule has 0 aliphatic heterocycles. The lowest BCUT2D eigenvalue weighted by molar-refractivity contribution is 0.669. The summed E-state index contributed by atoms with van der Waals surface area (Å²) < 4.78 is 9.63. The SMILES string of the molecule is c1ccc2cc(-c3ccc4c(c3)c3ccccc3n4-c3nc4ccc5oc6ccccc6c5c4s3)ccc2c1. The fraction of sp³-hybridized carbons (Fsp3) is 0. The molecule has 0 aliphatic carbocycles. The van der Waals surface area contributed by atoms with Crippen molar-refractivity contribution in [3.63, 3.8) is 0 Å². The summed E-state index contributed by atoms with van der Waals surface area (Å²) in [5.74, 6) is 0. The van der Waals surface area contributed by atoms with Gasteiger partial charge in [0.25, 0.3) is 0 Å². The van der Waals surface area contributed by atoms with E-state index in [9.17, 15) is 0 Å². The van der Waals surface area contributed by atoms with E-state index in [1.165, 1.54) is 32.7 Å². The van der Waals surface area contributed by atoms with Crippen LogP contribution in [0, 0.1) is 0 Å². The van der Waals surface area contributed by atoms with E-state index in [0.717, 1.165) is 48.3 Å². The zero-order chi connectivity index (χ0) is 25.5. The molecule has 6 aromatic carbocycles. The maximum atomic E-state index is 6.16. The van der Waals surface area contributed by atoms with Gasteiger partial charge < -0.3 is 4.42 Å². The summed E-state index contributed by atoms with van der Waals surface area (Å²) in [4.78, 5) is 5.15. The Morgan fingerprint density at radius 1 is 0.564 bits per heavy atom. The molecule has 9 aromatic rings. The standard InChI is InChI=1S/C35H20N2OS/c1-2-8-22-19-23(14-13-21(22)7-1)24-15-17-30-27(20-24)25-9-3-5-11-29(25)37(30)35-36-28-16-18-32-33(34(28)39-35)26-10-4-6-12-31(26)38-32/h1-20H. The van der Waals surface area contributed by atoms with Gasteiger partial charge >= 0.3 is 0 Å². The largest absolute Gasteiger partial charge is 0.456 e. The summed E-state index contributed by atoms with van der Waals surface area (Å²) >= 11 is 1.73. The zero-order valence-electron chi connectivity index (χ0n) is 20.8. The number of fused-ring (bicyclic) bond motifs is 9. The average molecular weight is 517 g/mol. The molecule has 4 heteroatoms. The molecule has 0 unspecified atom stereocenters. The lowest BCUT2D eigenvalue weighted by atomic mass is 9.99. The molecule has 3 heterocycles. The normalized spacial score (nSPS) is 12.1. The highest BCUT2D eigenvalue weighted by molar-refractivity contribution is 7.22. The molecule has 0 radical (unpaired) electrons. The van der Waals surface area contributed by atoms with Crippen LogP contribution in [0.4, 0.5) is 0 Å². The highest BCUT2D eigenvalue weighted by atomic mass is 32.1. The van der Waals surface area contributed by atoms with Crippen molar-refractivity contribution in [2.24, 2.45) is 0 Å². The van der Waals surface area contributed by atoms with Gasteiger partial charge in [0.15, 0.2) is 5.13 Å². The van der Waals surface area contributed by atoms with Crippen molar-refractivity contribution in [3.05, 3.63) is 121 Å². The number of benzene rings is 6. The molecular weight excluding hydrogens is 496 g/mol. The second kappa shape index (κ2) is 7.79. The molecular formula is C35H20N2OS. The van der Waals surface area contributed by atoms with Crippen LogP contribution in [0.1, 0.15) is 0 Å². The molecule has 0 bridgehead atoms. The van der Waals surface area contributed by atoms with Gasteiger partial charge in [-0.25, -0.2) is 4.98 Å². The Balaban J connectivity index is 1.30. The first kappa shape index (κ1) is 21.1. The van der Waals surface area contributed by atoms with Crippen molar-refractivity contribution in [2.45, 2.75) is 0 Å². The maximum Gasteiger partial charge on any atom is 0.195 e. The molecule has 0 saturated carbocycles. The van der Waals surface area contributed by atoms with Crippen LogP contribution in [-0.4, -0.2) is 9.55 Å². The van der Waals surface area contributed by atoms with Gasteiger partial charge in [-0.2, -0.15) is 0 Å². The van der Waals surface area contributed by atoms with Crippen molar-refractivity contribution >= 4 is 76.1 Å². The van der Waals surface area contributed by atoms with Crippen LogP contribution in [0.3, 0.4) is 0 Å². The Hall–Kier alpha value is -4.93. The highest BCUT2D eigenvalue weighted by Gasteiger charge is 2.19. The van der Waals surface area contributed by atoms with Crippen molar-refractivity contribution < 1.29 is 4.42 Å². The maximum absolute atomic E-state index is 6.16. The van der Waals surface area contributed by atoms with Crippen molar-refractivity contribution in [1.82, 2.24) is 9.55 Å². The second-order valence-electron chi connectivity index (χ2n) is 10.0. The van der Waals surface area contributed by atoms with Gasteiger partial charge in [0.1, 0.15) is 11.2 Å². The van der Waals surface area contributed by atoms with Gasteiger partial charge in [-0.05, 0) is 64.4 Å². The van der Waals surface area contributed by atoms with E-state index in [-0.39, 0.29) is 0 Å². The minimum absolute atomic E-state index is 0.904. The fourth-order valence-electron chi connectivity index (χ4n) is 6.01. The summed E-state index contributed by atoms with van der Waals surface area (Å²) in [6, 6.07) is 43.0. The molecule has 0 spiro atoms. The molecule has 0 aliphatic rings. The van der Waals surface area contributed by atoms with Crippen LogP contribution in [0.25, 0.3) is 81.0 Å². The number of furan rings is 1. The predicted molar refractivity (Wildman–Crippen MR) is 164 cm³/mol. The number of hydrogen-bond acceptors (Lipinski definition) is 3. The van der Waals surface area contributed by atoms with Crippen LogP contribution in [0.5, 0.6) is 0 Å². The minimum Gasteiger partial charge on any atom is -0.456 e. The summed E-state index contributed by atoms with van der Waals surface area (Å²) in [5, 5.41) is 8.22. The Morgan fingerprint density at radius 2 is 1.31 bits per heavy atom. The van der Waals surface area contributed by atoms with Crippen LogP contribution >= 0.6 is 11.3 Å². The third-order valence-electron chi connectivity index (χ3n) is 7.83. The number of thiazole rings is 1. The lowest BCUT2D eigenvalue weighted by Crippen LogP contribution is -1.92. The molecule has 3 nitrogen and oxygen atoms in total. The topological polar surface area (TPSA) is 31.0 Å². The molecule has 0 saturated heterocycles. The van der Waals surface area contributed by atoms with Gasteiger partial charge in [-0.3, -0.25) is 4.57 Å². The van der Waals surface area contributed by atoms with Crippen molar-refractivity contribution in [2.75, 3.05) is 0 Å². The summed E-state index contributed by atoms with van der Waals surface area (Å²) in [7, 11) is 0. The molecule has 0 atom stereocenters. The van der Waals surface area contributed by atoms with E-state index in [0.29, 0.717) is 0 Å². The first-order valence-corrected chi connectivity index (χ1v) is 13.9. The second-order valence-corrected chi connectivity index (χ2v) is 11.0. The summed E-state index contributed by atoms with van der Waals surface area (Å²) in [6.45, 7) is 0. The molecule has 39 heavy (non-hydrogen) atoms. The fourth-order valence-corrected chi connectivity index (χ4v) is 7.15. The van der Waals surface area contributed by atoms with E-state index >= 15 is 0 Å². The molecule has 3 aromatic heterocycles. The average Bonchev–Trinajstić information content (AvgIpc) is 3.67. The van der Waals surface area contributed by atoms with E-state index < -0.39 is 0 Å². The third kappa shape index (κ3) is 3.01. The number of hydrogen-bond donors (Lipinski definition) is 0. The molecule has 0 amide bonds.